The first-order valence-corrected chi connectivity index (χ1v) is 5.37. The average Bonchev–Trinajstić information content (AvgIpc) is 2.48. The third kappa shape index (κ3) is 1.22. The van der Waals surface area contributed by atoms with E-state index in [9.17, 15) is 0 Å². The Morgan fingerprint density at radius 1 is 1.38 bits per heavy atom. The van der Waals surface area contributed by atoms with Crippen molar-refractivity contribution in [2.45, 2.75) is 20.3 Å². The molecule has 0 saturated heterocycles. The van der Waals surface area contributed by atoms with Crippen LogP contribution in [0.2, 0.25) is 0 Å². The number of benzene rings is 1. The van der Waals surface area contributed by atoms with Crippen LogP contribution in [0.5, 0.6) is 0 Å². The molecule has 0 saturated carbocycles. The number of hydrogen-bond donors (Lipinski definition) is 1. The maximum Gasteiger partial charge on any atom is 0.0502 e. The predicted molar refractivity (Wildman–Crippen MR) is 60.4 cm³/mol. The highest BCUT2D eigenvalue weighted by Crippen LogP contribution is 2.32. The molecule has 0 aliphatic heterocycles. The molecule has 0 aliphatic carbocycles. The molecule has 0 aliphatic rings. The van der Waals surface area contributed by atoms with E-state index in [1.54, 1.807) is 11.3 Å². The minimum atomic E-state index is 0.912. The van der Waals surface area contributed by atoms with Crippen LogP contribution in [0.3, 0.4) is 0 Å². The predicted octanol–water partition coefficient (Wildman–Crippen LogP) is 3.35. The maximum absolute atomic E-state index is 5.86. The van der Waals surface area contributed by atoms with Crippen molar-refractivity contribution in [3.8, 4) is 0 Å². The highest BCUT2D eigenvalue weighted by Gasteiger charge is 2.06. The average molecular weight is 191 g/mol. The smallest absolute Gasteiger partial charge is 0.0502 e. The van der Waals surface area contributed by atoms with E-state index in [0.29, 0.717) is 0 Å². The van der Waals surface area contributed by atoms with Gasteiger partial charge >= 0.3 is 0 Å². The molecule has 2 rings (SSSR count). The summed E-state index contributed by atoms with van der Waals surface area (Å²) < 4.78 is 1.36. The first-order chi connectivity index (χ1) is 6.24. The molecule has 2 aromatic rings. The molecule has 0 amide bonds. The molecule has 1 nitrogen and oxygen atoms in total. The molecule has 0 fully saturated rings. The molecular formula is C11H13NS. The molecule has 0 spiro atoms. The SMILES string of the molecule is CCc1c(C)ccc2c(N)csc12. The number of rotatable bonds is 1. The van der Waals surface area contributed by atoms with Crippen LogP contribution in [0.4, 0.5) is 5.69 Å². The van der Waals surface area contributed by atoms with Gasteiger partial charge in [0, 0.05) is 15.5 Å². The lowest BCUT2D eigenvalue weighted by Crippen LogP contribution is -1.87. The zero-order valence-corrected chi connectivity index (χ0v) is 8.74. The molecule has 2 heteroatoms. The maximum atomic E-state index is 5.86. The standard InChI is InChI=1S/C11H13NS/c1-3-8-7(2)4-5-9-10(12)6-13-11(8)9/h4-6H,3,12H2,1-2H3. The molecular weight excluding hydrogens is 178 g/mol. The van der Waals surface area contributed by atoms with Crippen LogP contribution in [0.25, 0.3) is 10.1 Å². The largest absolute Gasteiger partial charge is 0.398 e. The van der Waals surface area contributed by atoms with E-state index in [-0.39, 0.29) is 0 Å². The van der Waals surface area contributed by atoms with E-state index in [4.69, 9.17) is 5.73 Å². The summed E-state index contributed by atoms with van der Waals surface area (Å²) in [5, 5.41) is 3.25. The second kappa shape index (κ2) is 3.04. The van der Waals surface area contributed by atoms with Crippen LogP contribution >= 0.6 is 11.3 Å². The molecule has 13 heavy (non-hydrogen) atoms. The van der Waals surface area contributed by atoms with E-state index in [1.165, 1.54) is 21.2 Å². The highest BCUT2D eigenvalue weighted by atomic mass is 32.1. The first kappa shape index (κ1) is 8.57. The third-order valence-corrected chi connectivity index (χ3v) is 3.54. The minimum absolute atomic E-state index is 0.912. The van der Waals surface area contributed by atoms with E-state index < -0.39 is 0 Å². The molecule has 2 N–H and O–H groups in total. The summed E-state index contributed by atoms with van der Waals surface area (Å²) in [6, 6.07) is 4.28. The van der Waals surface area contributed by atoms with Crippen molar-refractivity contribution in [3.05, 3.63) is 28.6 Å². The number of anilines is 1. The van der Waals surface area contributed by atoms with Crippen LogP contribution in [0.15, 0.2) is 17.5 Å². The molecule has 1 heterocycles. The monoisotopic (exact) mass is 191 g/mol. The van der Waals surface area contributed by atoms with Gasteiger partial charge in [-0.25, -0.2) is 0 Å². The zero-order chi connectivity index (χ0) is 9.42. The summed E-state index contributed by atoms with van der Waals surface area (Å²) in [6.45, 7) is 4.35. The molecule has 1 aromatic heterocycles. The van der Waals surface area contributed by atoms with Crippen molar-refractivity contribution in [1.29, 1.82) is 0 Å². The number of hydrogen-bond acceptors (Lipinski definition) is 2. The summed E-state index contributed by atoms with van der Waals surface area (Å²) >= 11 is 1.75. The van der Waals surface area contributed by atoms with Gasteiger partial charge in [0.2, 0.25) is 0 Å². The van der Waals surface area contributed by atoms with Gasteiger partial charge in [-0.05, 0) is 24.5 Å². The van der Waals surface area contributed by atoms with Crippen molar-refractivity contribution in [1.82, 2.24) is 0 Å². The van der Waals surface area contributed by atoms with Crippen LogP contribution in [-0.4, -0.2) is 0 Å². The summed E-state index contributed by atoms with van der Waals surface area (Å²) in [6.07, 6.45) is 1.09. The van der Waals surface area contributed by atoms with Crippen molar-refractivity contribution in [2.24, 2.45) is 0 Å². The fraction of sp³-hybridized carbons (Fsp3) is 0.273. The van der Waals surface area contributed by atoms with Gasteiger partial charge in [-0.15, -0.1) is 11.3 Å². The number of thiophene rings is 1. The van der Waals surface area contributed by atoms with Gasteiger partial charge < -0.3 is 5.73 Å². The summed E-state index contributed by atoms with van der Waals surface area (Å²) in [4.78, 5) is 0. The first-order valence-electron chi connectivity index (χ1n) is 4.49. The Kier molecular flexibility index (Phi) is 2.00. The minimum Gasteiger partial charge on any atom is -0.398 e. The summed E-state index contributed by atoms with van der Waals surface area (Å²) in [5.41, 5.74) is 9.59. The lowest BCUT2D eigenvalue weighted by atomic mass is 10.0. The Labute approximate surface area is 82.2 Å². The normalized spacial score (nSPS) is 10.9. The Hall–Kier alpha value is -1.02. The Morgan fingerprint density at radius 2 is 2.15 bits per heavy atom. The molecule has 0 bridgehead atoms. The van der Waals surface area contributed by atoms with E-state index in [1.807, 2.05) is 5.38 Å². The number of nitrogens with two attached hydrogens (primary N) is 1. The topological polar surface area (TPSA) is 26.0 Å². The van der Waals surface area contributed by atoms with Crippen LogP contribution in [-0.2, 0) is 6.42 Å². The van der Waals surface area contributed by atoms with Gasteiger partial charge in [-0.2, -0.15) is 0 Å². The fourth-order valence-corrected chi connectivity index (χ4v) is 2.85. The Balaban J connectivity index is 2.85. The molecule has 0 unspecified atom stereocenters. The van der Waals surface area contributed by atoms with Crippen molar-refractivity contribution in [2.75, 3.05) is 5.73 Å². The number of fused-ring (bicyclic) bond motifs is 1. The fourth-order valence-electron chi connectivity index (χ4n) is 1.71. The Morgan fingerprint density at radius 3 is 2.85 bits per heavy atom. The summed E-state index contributed by atoms with van der Waals surface area (Å²) in [7, 11) is 0. The molecule has 1 aromatic carbocycles. The summed E-state index contributed by atoms with van der Waals surface area (Å²) in [5.74, 6) is 0. The van der Waals surface area contributed by atoms with Crippen LogP contribution in [0, 0.1) is 6.92 Å². The van der Waals surface area contributed by atoms with Crippen LogP contribution < -0.4 is 5.73 Å². The van der Waals surface area contributed by atoms with Crippen molar-refractivity contribution < 1.29 is 0 Å². The van der Waals surface area contributed by atoms with E-state index in [0.717, 1.165) is 12.1 Å². The number of nitrogen functional groups attached to an aromatic ring is 1. The van der Waals surface area contributed by atoms with Crippen molar-refractivity contribution >= 4 is 27.1 Å². The second-order valence-electron chi connectivity index (χ2n) is 3.28. The highest BCUT2D eigenvalue weighted by molar-refractivity contribution is 7.18. The molecule has 0 radical (unpaired) electrons. The van der Waals surface area contributed by atoms with Gasteiger partial charge in [0.05, 0.1) is 5.69 Å². The van der Waals surface area contributed by atoms with Gasteiger partial charge in [0.25, 0.3) is 0 Å². The van der Waals surface area contributed by atoms with E-state index in [2.05, 4.69) is 26.0 Å². The van der Waals surface area contributed by atoms with Gasteiger partial charge in [-0.1, -0.05) is 19.1 Å². The second-order valence-corrected chi connectivity index (χ2v) is 4.16. The van der Waals surface area contributed by atoms with Crippen LogP contribution in [0.1, 0.15) is 18.1 Å². The quantitative estimate of drug-likeness (QED) is 0.735. The van der Waals surface area contributed by atoms with Gasteiger partial charge in [0.15, 0.2) is 0 Å². The third-order valence-electron chi connectivity index (χ3n) is 2.46. The lowest BCUT2D eigenvalue weighted by Gasteiger charge is -2.03. The van der Waals surface area contributed by atoms with Crippen molar-refractivity contribution in [3.63, 3.8) is 0 Å². The van der Waals surface area contributed by atoms with Gasteiger partial charge in [0.1, 0.15) is 0 Å². The van der Waals surface area contributed by atoms with E-state index >= 15 is 0 Å². The lowest BCUT2D eigenvalue weighted by molar-refractivity contribution is 1.13. The number of aryl methyl sites for hydroxylation is 2. The zero-order valence-electron chi connectivity index (χ0n) is 7.92. The Bertz CT molecular complexity index is 443. The molecule has 68 valence electrons. The van der Waals surface area contributed by atoms with Gasteiger partial charge in [-0.3, -0.25) is 0 Å². The molecule has 0 atom stereocenters.